The van der Waals surface area contributed by atoms with E-state index in [2.05, 4.69) is 22.8 Å². The molecule has 9 heteroatoms. The van der Waals surface area contributed by atoms with Crippen molar-refractivity contribution in [3.8, 4) is 21.6 Å². The van der Waals surface area contributed by atoms with Gasteiger partial charge in [0.25, 0.3) is 0 Å². The number of amides is 1. The first-order valence-electron chi connectivity index (χ1n) is 15.6. The van der Waals surface area contributed by atoms with Crippen LogP contribution >= 0.6 is 11.3 Å². The molecule has 1 amide bonds. The third kappa shape index (κ3) is 8.19. The van der Waals surface area contributed by atoms with E-state index >= 15 is 0 Å². The Bertz CT molecular complexity index is 2010. The Morgan fingerprint density at radius 3 is 2.44 bits per heavy atom. The number of fused-ring (bicyclic) bond motifs is 1. The minimum absolute atomic E-state index is 0.183. The van der Waals surface area contributed by atoms with Crippen molar-refractivity contribution in [2.45, 2.75) is 12.6 Å². The van der Waals surface area contributed by atoms with Gasteiger partial charge in [-0.1, -0.05) is 91.0 Å². The van der Waals surface area contributed by atoms with Crippen LogP contribution in [0.25, 0.3) is 31.8 Å². The second kappa shape index (κ2) is 15.6. The van der Waals surface area contributed by atoms with Gasteiger partial charge in [-0.3, -0.25) is 4.79 Å². The van der Waals surface area contributed by atoms with E-state index in [0.29, 0.717) is 24.7 Å². The van der Waals surface area contributed by atoms with Gasteiger partial charge < -0.3 is 20.3 Å². The van der Waals surface area contributed by atoms with Gasteiger partial charge in [0, 0.05) is 28.7 Å². The third-order valence-electron chi connectivity index (χ3n) is 7.64. The lowest BCUT2D eigenvalue weighted by atomic mass is 9.99. The van der Waals surface area contributed by atoms with E-state index in [0.717, 1.165) is 42.9 Å². The predicted molar refractivity (Wildman–Crippen MR) is 193 cm³/mol. The maximum Gasteiger partial charge on any atom is 0.248 e. The zero-order valence-electron chi connectivity index (χ0n) is 26.8. The first-order valence-corrected chi connectivity index (χ1v) is 16.5. The number of carbonyl (C=O) groups is 1. The number of anilines is 2. The van der Waals surface area contributed by atoms with Crippen LogP contribution in [0.4, 0.5) is 15.9 Å². The van der Waals surface area contributed by atoms with Crippen LogP contribution in [-0.4, -0.2) is 48.0 Å². The standard InChI is InChI=1S/C39H36FN5O2S/c1-45(2)21-11-20-34(46)43-32-19-10-17-30(23-32)37-35(29-15-7-4-8-16-29)36-38(41-26-42-39(36)48-37)44-33(28-13-5-3-6-14-28)25-47-24-27-12-9-18-31(40)22-27/h3-20,22-23,26,33H,21,24-25H2,1-2H3,(H,43,46)(H,41,42,44)/b20-11+/t33-/m1/s1. The Kier molecular flexibility index (Phi) is 10.6. The fourth-order valence-corrected chi connectivity index (χ4v) is 6.57. The molecule has 6 rings (SSSR count). The number of nitrogens with zero attached hydrogens (tertiary/aromatic N) is 3. The number of halogens is 1. The highest BCUT2D eigenvalue weighted by Gasteiger charge is 2.23. The molecule has 0 spiro atoms. The number of hydrogen-bond acceptors (Lipinski definition) is 7. The average molecular weight is 658 g/mol. The summed E-state index contributed by atoms with van der Waals surface area (Å²) in [5.41, 5.74) is 5.48. The molecule has 4 aromatic carbocycles. The molecule has 242 valence electrons. The lowest BCUT2D eigenvalue weighted by Gasteiger charge is -2.21. The van der Waals surface area contributed by atoms with Gasteiger partial charge in [-0.2, -0.15) is 0 Å². The van der Waals surface area contributed by atoms with E-state index in [4.69, 9.17) is 14.7 Å². The van der Waals surface area contributed by atoms with Crippen LogP contribution in [0.3, 0.4) is 0 Å². The van der Waals surface area contributed by atoms with E-state index in [1.54, 1.807) is 29.8 Å². The number of aromatic nitrogens is 2. The predicted octanol–water partition coefficient (Wildman–Crippen LogP) is 8.59. The van der Waals surface area contributed by atoms with Crippen molar-refractivity contribution in [2.24, 2.45) is 0 Å². The zero-order chi connectivity index (χ0) is 33.3. The van der Waals surface area contributed by atoms with E-state index < -0.39 is 0 Å². The summed E-state index contributed by atoms with van der Waals surface area (Å²) in [5, 5.41) is 7.56. The molecule has 0 fully saturated rings. The summed E-state index contributed by atoms with van der Waals surface area (Å²) in [6, 6.07) is 34.3. The van der Waals surface area contributed by atoms with Crippen molar-refractivity contribution in [3.63, 3.8) is 0 Å². The zero-order valence-corrected chi connectivity index (χ0v) is 27.6. The van der Waals surface area contributed by atoms with E-state index in [1.165, 1.54) is 12.1 Å². The minimum Gasteiger partial charge on any atom is -0.374 e. The molecule has 1 atom stereocenters. The number of thiophene rings is 1. The Morgan fingerprint density at radius 1 is 0.917 bits per heavy atom. The van der Waals surface area contributed by atoms with Crippen LogP contribution < -0.4 is 10.6 Å². The molecular formula is C39H36FN5O2S. The number of ether oxygens (including phenoxy) is 1. The lowest BCUT2D eigenvalue weighted by Crippen LogP contribution is -2.18. The van der Waals surface area contributed by atoms with Crippen LogP contribution in [0.15, 0.2) is 128 Å². The number of rotatable bonds is 13. The van der Waals surface area contributed by atoms with E-state index in [-0.39, 0.29) is 24.4 Å². The summed E-state index contributed by atoms with van der Waals surface area (Å²) in [4.78, 5) is 25.9. The van der Waals surface area contributed by atoms with Crippen molar-refractivity contribution < 1.29 is 13.9 Å². The van der Waals surface area contributed by atoms with Crippen molar-refractivity contribution in [1.82, 2.24) is 14.9 Å². The summed E-state index contributed by atoms with van der Waals surface area (Å²) in [5.74, 6) is 0.210. The van der Waals surface area contributed by atoms with Gasteiger partial charge in [-0.15, -0.1) is 11.3 Å². The van der Waals surface area contributed by atoms with Crippen LogP contribution in [0.5, 0.6) is 0 Å². The SMILES string of the molecule is CN(C)C/C=C/C(=O)Nc1cccc(-c2sc3ncnc(N[C@H](COCc4cccc(F)c4)c4ccccc4)c3c2-c2ccccc2)c1. The summed E-state index contributed by atoms with van der Waals surface area (Å²) in [6.45, 7) is 1.28. The lowest BCUT2D eigenvalue weighted by molar-refractivity contribution is -0.111. The number of benzene rings is 4. The highest BCUT2D eigenvalue weighted by molar-refractivity contribution is 7.22. The van der Waals surface area contributed by atoms with Gasteiger partial charge in [0.2, 0.25) is 5.91 Å². The Morgan fingerprint density at radius 2 is 1.67 bits per heavy atom. The molecule has 7 nitrogen and oxygen atoms in total. The monoisotopic (exact) mass is 657 g/mol. The summed E-state index contributed by atoms with van der Waals surface area (Å²) in [7, 11) is 3.91. The average Bonchev–Trinajstić information content (AvgIpc) is 3.49. The highest BCUT2D eigenvalue weighted by atomic mass is 32.1. The van der Waals surface area contributed by atoms with Gasteiger partial charge in [-0.25, -0.2) is 14.4 Å². The molecule has 2 heterocycles. The van der Waals surface area contributed by atoms with Crippen LogP contribution in [-0.2, 0) is 16.1 Å². The first-order chi connectivity index (χ1) is 23.4. The summed E-state index contributed by atoms with van der Waals surface area (Å²) >= 11 is 1.58. The molecule has 0 bridgehead atoms. The summed E-state index contributed by atoms with van der Waals surface area (Å²) < 4.78 is 19.9. The molecular weight excluding hydrogens is 622 g/mol. The molecule has 6 aromatic rings. The molecule has 0 saturated heterocycles. The molecule has 0 unspecified atom stereocenters. The maximum absolute atomic E-state index is 13.8. The van der Waals surface area contributed by atoms with Gasteiger partial charge in [0.05, 0.1) is 24.6 Å². The largest absolute Gasteiger partial charge is 0.374 e. The van der Waals surface area contributed by atoms with Crippen molar-refractivity contribution in [2.75, 3.05) is 37.9 Å². The fraction of sp³-hybridized carbons (Fsp3) is 0.154. The topological polar surface area (TPSA) is 79.4 Å². The second-order valence-corrected chi connectivity index (χ2v) is 12.6. The molecule has 0 aliphatic carbocycles. The Labute approximate surface area is 283 Å². The van der Waals surface area contributed by atoms with Gasteiger partial charge in [0.1, 0.15) is 22.8 Å². The smallest absolute Gasteiger partial charge is 0.248 e. The molecule has 2 aromatic heterocycles. The molecule has 48 heavy (non-hydrogen) atoms. The quantitative estimate of drug-likeness (QED) is 0.121. The number of nitrogens with one attached hydrogen (secondary N) is 2. The Hall–Kier alpha value is -5.22. The molecule has 0 radical (unpaired) electrons. The third-order valence-corrected chi connectivity index (χ3v) is 8.78. The number of likely N-dealkylation sites (N-methyl/N-ethyl adjacent to an activating group) is 1. The maximum atomic E-state index is 13.8. The van der Waals surface area contributed by atoms with Gasteiger partial charge in [-0.05, 0) is 60.6 Å². The van der Waals surface area contributed by atoms with E-state index in [1.807, 2.05) is 104 Å². The molecule has 0 aliphatic rings. The van der Waals surface area contributed by atoms with Crippen molar-refractivity contribution >= 4 is 39.0 Å². The molecule has 0 saturated carbocycles. The fourth-order valence-electron chi connectivity index (χ4n) is 5.41. The highest BCUT2D eigenvalue weighted by Crippen LogP contribution is 2.47. The first kappa shape index (κ1) is 32.7. The van der Waals surface area contributed by atoms with Crippen LogP contribution in [0.1, 0.15) is 17.2 Å². The number of carbonyl (C=O) groups excluding carboxylic acids is 1. The second-order valence-electron chi connectivity index (χ2n) is 11.6. The number of hydrogen-bond donors (Lipinski definition) is 2. The molecule has 2 N–H and O–H groups in total. The Balaban J connectivity index is 1.36. The van der Waals surface area contributed by atoms with Crippen molar-refractivity contribution in [3.05, 3.63) is 145 Å². The van der Waals surface area contributed by atoms with Crippen LogP contribution in [0, 0.1) is 5.82 Å². The van der Waals surface area contributed by atoms with Gasteiger partial charge in [0.15, 0.2) is 0 Å². The van der Waals surface area contributed by atoms with Crippen molar-refractivity contribution in [1.29, 1.82) is 0 Å². The van der Waals surface area contributed by atoms with Crippen LogP contribution in [0.2, 0.25) is 0 Å². The summed E-state index contributed by atoms with van der Waals surface area (Å²) in [6.07, 6.45) is 4.97. The normalized spacial score (nSPS) is 12.1. The van der Waals surface area contributed by atoms with E-state index in [9.17, 15) is 9.18 Å². The van der Waals surface area contributed by atoms with Gasteiger partial charge >= 0.3 is 0 Å². The molecule has 0 aliphatic heterocycles. The minimum atomic E-state index is -0.288.